The Hall–Kier alpha value is -1.47. The Labute approximate surface area is 493 Å². The summed E-state index contributed by atoms with van der Waals surface area (Å²) in [6, 6.07) is -0.967. The Kier molecular flexibility index (Phi) is 42.5. The van der Waals surface area contributed by atoms with Gasteiger partial charge in [-0.1, -0.05) is 238 Å². The van der Waals surface area contributed by atoms with Crippen molar-refractivity contribution in [3.63, 3.8) is 0 Å². The van der Waals surface area contributed by atoms with E-state index in [2.05, 4.69) is 19.2 Å². The lowest BCUT2D eigenvalue weighted by Gasteiger charge is -2.48. The molecular weight excluding hydrogens is 1060 g/mol. The molecule has 0 aromatic heterocycles. The molecule has 1 amide bonds. The first-order valence-electron chi connectivity index (χ1n) is 32.9. The van der Waals surface area contributed by atoms with Gasteiger partial charge in [0.05, 0.1) is 38.6 Å². The predicted octanol–water partition coefficient (Wildman–Crippen LogP) is 7.33. The summed E-state index contributed by atoms with van der Waals surface area (Å²) in [5.41, 5.74) is 0. The van der Waals surface area contributed by atoms with Crippen molar-refractivity contribution in [1.82, 2.24) is 5.32 Å². The third-order valence-electron chi connectivity index (χ3n) is 16.8. The molecular formula is C63H119NO18. The van der Waals surface area contributed by atoms with Gasteiger partial charge in [0.15, 0.2) is 18.9 Å². The highest BCUT2D eigenvalue weighted by Crippen LogP contribution is 2.33. The maximum Gasteiger partial charge on any atom is 0.220 e. The van der Waals surface area contributed by atoms with Gasteiger partial charge in [0.2, 0.25) is 5.91 Å². The van der Waals surface area contributed by atoms with E-state index in [1.165, 1.54) is 180 Å². The fourth-order valence-electron chi connectivity index (χ4n) is 11.4. The van der Waals surface area contributed by atoms with Crippen LogP contribution in [0.1, 0.15) is 251 Å². The molecule has 0 bridgehead atoms. The highest BCUT2D eigenvalue weighted by atomic mass is 16.8. The van der Waals surface area contributed by atoms with Crippen LogP contribution in [0, 0.1) is 0 Å². The highest BCUT2D eigenvalue weighted by molar-refractivity contribution is 5.76. The lowest BCUT2D eigenvalue weighted by molar-refractivity contribution is -0.379. The molecule has 19 nitrogen and oxygen atoms in total. The number of aliphatic hydroxyl groups excluding tert-OH is 11. The van der Waals surface area contributed by atoms with Gasteiger partial charge in [-0.05, 0) is 19.3 Å². The van der Waals surface area contributed by atoms with Gasteiger partial charge in [-0.15, -0.1) is 0 Å². The van der Waals surface area contributed by atoms with Crippen LogP contribution in [0.5, 0.6) is 0 Å². The van der Waals surface area contributed by atoms with Crippen LogP contribution in [0.15, 0.2) is 12.2 Å². The number of hydrogen-bond donors (Lipinski definition) is 12. The van der Waals surface area contributed by atoms with E-state index in [1.54, 1.807) is 6.08 Å². The summed E-state index contributed by atoms with van der Waals surface area (Å²) in [6.45, 7) is 1.76. The maximum atomic E-state index is 13.4. The molecule has 82 heavy (non-hydrogen) atoms. The monoisotopic (exact) mass is 1180 g/mol. The van der Waals surface area contributed by atoms with Gasteiger partial charge in [-0.3, -0.25) is 4.79 Å². The van der Waals surface area contributed by atoms with E-state index in [4.69, 9.17) is 28.4 Å². The minimum atomic E-state index is -1.97. The van der Waals surface area contributed by atoms with Crippen LogP contribution in [0.4, 0.5) is 0 Å². The van der Waals surface area contributed by atoms with E-state index in [9.17, 15) is 61.0 Å². The Bertz CT molecular complexity index is 1550. The van der Waals surface area contributed by atoms with E-state index in [1.807, 2.05) is 6.08 Å². The third-order valence-corrected chi connectivity index (χ3v) is 16.8. The largest absolute Gasteiger partial charge is 0.394 e. The van der Waals surface area contributed by atoms with Gasteiger partial charge < -0.3 is 89.9 Å². The molecule has 3 rings (SSSR count). The molecule has 17 unspecified atom stereocenters. The first-order valence-corrected chi connectivity index (χ1v) is 32.9. The van der Waals surface area contributed by atoms with Gasteiger partial charge in [-0.25, -0.2) is 0 Å². The molecule has 484 valence electrons. The van der Waals surface area contributed by atoms with E-state index < -0.39 is 124 Å². The quantitative estimate of drug-likeness (QED) is 0.0210. The molecule has 3 fully saturated rings. The molecule has 19 heteroatoms. The SMILES string of the molecule is CCCCCCCCCCCCCCCCCCCC/C=C/C(O)C(COC1OC(CO)C(OC2OC(CO)C(OC3OC(CO)C(O)C(O)C3O)C(O)C2O)C(O)C1O)NC(=O)CCCCCCCCCCCCCCCCCCC. The zero-order valence-corrected chi connectivity index (χ0v) is 50.7. The Morgan fingerprint density at radius 3 is 1.15 bits per heavy atom. The molecule has 0 spiro atoms. The molecule has 0 radical (unpaired) electrons. The first kappa shape index (κ1) is 74.8. The molecule has 12 N–H and O–H groups in total. The van der Waals surface area contributed by atoms with Crippen molar-refractivity contribution >= 4 is 5.91 Å². The fraction of sp³-hybridized carbons (Fsp3) is 0.952. The van der Waals surface area contributed by atoms with Gasteiger partial charge in [0.1, 0.15) is 73.2 Å². The average molecular weight is 1180 g/mol. The number of aliphatic hydroxyl groups is 11. The van der Waals surface area contributed by atoms with Crippen LogP contribution in [0.3, 0.4) is 0 Å². The van der Waals surface area contributed by atoms with E-state index in [0.717, 1.165) is 44.9 Å². The first-order chi connectivity index (χ1) is 39.8. The highest BCUT2D eigenvalue weighted by Gasteiger charge is 2.53. The lowest BCUT2D eigenvalue weighted by atomic mass is 9.96. The normalized spacial score (nSPS) is 29.6. The Balaban J connectivity index is 1.47. The van der Waals surface area contributed by atoms with Gasteiger partial charge in [0.25, 0.3) is 0 Å². The number of nitrogens with one attached hydrogen (secondary N) is 1. The standard InChI is InChI=1S/C63H119NO18/c1-3-5-7-9-11-13-15-17-19-21-22-23-25-26-28-30-32-34-36-38-40-47(68)46(64-51(69)41-39-37-35-33-31-29-27-24-20-18-16-14-12-10-8-6-4-2)45-77-61-57(75)54(72)59(49(43-66)79-61)82-63-58(76)55(73)60(50(44-67)80-63)81-62-56(74)53(71)52(70)48(42-65)78-62/h38,40,46-50,52-63,65-68,70-76H,3-37,39,41-45H2,1-2H3,(H,64,69)/b40-38+. The van der Waals surface area contributed by atoms with Crippen LogP contribution in [0.25, 0.3) is 0 Å². The minimum absolute atomic E-state index is 0.249. The fourth-order valence-corrected chi connectivity index (χ4v) is 11.4. The number of carbonyl (C=O) groups excluding carboxylic acids is 1. The molecule has 0 saturated carbocycles. The van der Waals surface area contributed by atoms with Crippen LogP contribution in [0.2, 0.25) is 0 Å². The van der Waals surface area contributed by atoms with E-state index in [0.29, 0.717) is 6.42 Å². The molecule has 0 aliphatic carbocycles. The van der Waals surface area contributed by atoms with Crippen LogP contribution in [-0.4, -0.2) is 193 Å². The predicted molar refractivity (Wildman–Crippen MR) is 314 cm³/mol. The third kappa shape index (κ3) is 29.5. The topological polar surface area (TPSA) is 307 Å². The summed E-state index contributed by atoms with van der Waals surface area (Å²) in [4.78, 5) is 13.4. The van der Waals surface area contributed by atoms with Gasteiger partial charge in [-0.2, -0.15) is 0 Å². The Morgan fingerprint density at radius 1 is 0.427 bits per heavy atom. The van der Waals surface area contributed by atoms with Crippen molar-refractivity contribution in [3.8, 4) is 0 Å². The van der Waals surface area contributed by atoms with Crippen LogP contribution < -0.4 is 5.32 Å². The van der Waals surface area contributed by atoms with Gasteiger partial charge >= 0.3 is 0 Å². The lowest BCUT2D eigenvalue weighted by Crippen LogP contribution is -2.66. The smallest absolute Gasteiger partial charge is 0.220 e. The second-order valence-corrected chi connectivity index (χ2v) is 23.9. The van der Waals surface area contributed by atoms with Crippen LogP contribution >= 0.6 is 0 Å². The van der Waals surface area contributed by atoms with E-state index in [-0.39, 0.29) is 18.9 Å². The summed E-state index contributed by atoms with van der Waals surface area (Å²) in [7, 11) is 0. The number of ether oxygens (including phenoxy) is 6. The second-order valence-electron chi connectivity index (χ2n) is 23.9. The van der Waals surface area contributed by atoms with Crippen molar-refractivity contribution in [1.29, 1.82) is 0 Å². The molecule has 17 atom stereocenters. The van der Waals surface area contributed by atoms with Crippen molar-refractivity contribution in [2.24, 2.45) is 0 Å². The zero-order chi connectivity index (χ0) is 59.7. The Morgan fingerprint density at radius 2 is 0.756 bits per heavy atom. The number of carbonyl (C=O) groups is 1. The molecule has 3 saturated heterocycles. The molecule has 3 aliphatic heterocycles. The zero-order valence-electron chi connectivity index (χ0n) is 50.7. The number of unbranched alkanes of at least 4 members (excludes halogenated alkanes) is 34. The average Bonchev–Trinajstić information content (AvgIpc) is 3.17. The minimum Gasteiger partial charge on any atom is -0.394 e. The molecule has 3 aliphatic rings. The number of allylic oxidation sites excluding steroid dienone is 1. The van der Waals surface area contributed by atoms with Gasteiger partial charge in [0, 0.05) is 6.42 Å². The second kappa shape index (κ2) is 46.7. The summed E-state index contributed by atoms with van der Waals surface area (Å²) in [5, 5.41) is 120. The van der Waals surface area contributed by atoms with Crippen molar-refractivity contribution < 1.29 is 89.4 Å². The molecule has 0 aromatic rings. The van der Waals surface area contributed by atoms with E-state index >= 15 is 0 Å². The number of amides is 1. The van der Waals surface area contributed by atoms with Crippen molar-refractivity contribution in [2.75, 3.05) is 26.4 Å². The summed E-state index contributed by atoms with van der Waals surface area (Å²) < 4.78 is 34.3. The molecule has 0 aromatic carbocycles. The maximum absolute atomic E-state index is 13.4. The number of hydrogen-bond acceptors (Lipinski definition) is 18. The van der Waals surface area contributed by atoms with Crippen molar-refractivity contribution in [3.05, 3.63) is 12.2 Å². The molecule has 3 heterocycles. The van der Waals surface area contributed by atoms with Crippen molar-refractivity contribution in [2.45, 2.75) is 356 Å². The summed E-state index contributed by atoms with van der Waals surface area (Å²) >= 11 is 0. The summed E-state index contributed by atoms with van der Waals surface area (Å²) in [6.07, 6.45) is 21.8. The number of rotatable bonds is 50. The van der Waals surface area contributed by atoms with Crippen LogP contribution in [-0.2, 0) is 33.2 Å². The summed E-state index contributed by atoms with van der Waals surface area (Å²) in [5.74, 6) is -0.271.